The van der Waals surface area contributed by atoms with Gasteiger partial charge in [-0.3, -0.25) is 10.1 Å². The Kier molecular flexibility index (Phi) is 4.42. The topological polar surface area (TPSA) is 93.4 Å². The lowest BCUT2D eigenvalue weighted by molar-refractivity contribution is -0.385. The summed E-state index contributed by atoms with van der Waals surface area (Å²) >= 11 is 2.29. The fourth-order valence-electron chi connectivity index (χ4n) is 1.66. The van der Waals surface area contributed by atoms with Crippen LogP contribution in [0.5, 0.6) is 0 Å². The predicted octanol–water partition coefficient (Wildman–Crippen LogP) is 2.55. The average molecular weight is 347 g/mol. The monoisotopic (exact) mass is 347 g/mol. The SMILES string of the molecule is Cc1csc(CN(C)S(=O)(=O)c2cc([N+](=O)[O-])c(C)s2)n1. The van der Waals surface area contributed by atoms with E-state index in [2.05, 4.69) is 4.98 Å². The summed E-state index contributed by atoms with van der Waals surface area (Å²) in [7, 11) is -2.31. The number of rotatable bonds is 5. The van der Waals surface area contributed by atoms with E-state index < -0.39 is 14.9 Å². The highest BCUT2D eigenvalue weighted by Crippen LogP contribution is 2.33. The van der Waals surface area contributed by atoms with Crippen molar-refractivity contribution in [2.45, 2.75) is 24.6 Å². The number of nitrogens with zero attached hydrogens (tertiary/aromatic N) is 3. The average Bonchev–Trinajstić information content (AvgIpc) is 2.95. The molecule has 0 unspecified atom stereocenters. The molecular weight excluding hydrogens is 334 g/mol. The van der Waals surface area contributed by atoms with Crippen molar-refractivity contribution >= 4 is 38.4 Å². The molecule has 0 aliphatic carbocycles. The van der Waals surface area contributed by atoms with Crippen molar-refractivity contribution in [1.82, 2.24) is 9.29 Å². The van der Waals surface area contributed by atoms with Gasteiger partial charge in [0.1, 0.15) is 9.22 Å². The molecule has 2 heterocycles. The summed E-state index contributed by atoms with van der Waals surface area (Å²) < 4.78 is 26.0. The van der Waals surface area contributed by atoms with Crippen LogP contribution >= 0.6 is 22.7 Å². The Bertz CT molecular complexity index is 778. The molecule has 0 aliphatic heterocycles. The van der Waals surface area contributed by atoms with E-state index in [0.717, 1.165) is 27.4 Å². The van der Waals surface area contributed by atoms with Crippen LogP contribution in [0.3, 0.4) is 0 Å². The van der Waals surface area contributed by atoms with Crippen LogP contribution in [0.15, 0.2) is 15.7 Å². The maximum atomic E-state index is 12.4. The Morgan fingerprint density at radius 3 is 2.57 bits per heavy atom. The van der Waals surface area contributed by atoms with Crippen molar-refractivity contribution in [2.75, 3.05) is 7.05 Å². The van der Waals surface area contributed by atoms with E-state index in [-0.39, 0.29) is 16.4 Å². The maximum absolute atomic E-state index is 12.4. The molecule has 0 N–H and O–H groups in total. The number of thiazole rings is 1. The van der Waals surface area contributed by atoms with Crippen molar-refractivity contribution in [2.24, 2.45) is 0 Å². The quantitative estimate of drug-likeness (QED) is 0.612. The lowest BCUT2D eigenvalue weighted by atomic mass is 10.4. The van der Waals surface area contributed by atoms with E-state index in [1.54, 1.807) is 0 Å². The van der Waals surface area contributed by atoms with Crippen LogP contribution in [0.25, 0.3) is 0 Å². The predicted molar refractivity (Wildman–Crippen MR) is 81.2 cm³/mol. The number of nitro groups is 1. The van der Waals surface area contributed by atoms with Gasteiger partial charge < -0.3 is 0 Å². The molecule has 0 aromatic carbocycles. The second-order valence-electron chi connectivity index (χ2n) is 4.41. The van der Waals surface area contributed by atoms with Gasteiger partial charge in [-0.05, 0) is 13.8 Å². The van der Waals surface area contributed by atoms with Crippen molar-refractivity contribution < 1.29 is 13.3 Å². The Hall–Kier alpha value is -1.36. The van der Waals surface area contributed by atoms with E-state index in [1.807, 2.05) is 12.3 Å². The Morgan fingerprint density at radius 2 is 2.10 bits per heavy atom. The first-order valence-corrected chi connectivity index (χ1v) is 8.97. The third-order valence-corrected chi connectivity index (χ3v) is 7.00. The summed E-state index contributed by atoms with van der Waals surface area (Å²) in [5.74, 6) is 0. The van der Waals surface area contributed by atoms with Crippen LogP contribution in [0, 0.1) is 24.0 Å². The molecule has 0 saturated carbocycles. The van der Waals surface area contributed by atoms with Gasteiger partial charge in [0.15, 0.2) is 0 Å². The van der Waals surface area contributed by atoms with Gasteiger partial charge in [-0.25, -0.2) is 13.4 Å². The molecule has 0 fully saturated rings. The number of hydrogen-bond donors (Lipinski definition) is 0. The molecule has 21 heavy (non-hydrogen) atoms. The molecule has 0 radical (unpaired) electrons. The molecule has 0 amide bonds. The van der Waals surface area contributed by atoms with Gasteiger partial charge in [0.2, 0.25) is 0 Å². The van der Waals surface area contributed by atoms with Gasteiger partial charge in [-0.15, -0.1) is 22.7 Å². The maximum Gasteiger partial charge on any atom is 0.284 e. The fraction of sp³-hybridized carbons (Fsp3) is 0.364. The van der Waals surface area contributed by atoms with E-state index in [9.17, 15) is 18.5 Å². The minimum absolute atomic E-state index is 0.0255. The first kappa shape index (κ1) is 16.0. The largest absolute Gasteiger partial charge is 0.284 e. The van der Waals surface area contributed by atoms with Crippen molar-refractivity contribution in [1.29, 1.82) is 0 Å². The zero-order valence-electron chi connectivity index (χ0n) is 11.6. The molecule has 2 aromatic rings. The molecular formula is C11H13N3O4S3. The van der Waals surface area contributed by atoms with E-state index >= 15 is 0 Å². The van der Waals surface area contributed by atoms with Gasteiger partial charge in [0, 0.05) is 24.2 Å². The molecule has 2 aromatic heterocycles. The van der Waals surface area contributed by atoms with Gasteiger partial charge in [-0.1, -0.05) is 0 Å². The summed E-state index contributed by atoms with van der Waals surface area (Å²) in [6, 6.07) is 1.11. The van der Waals surface area contributed by atoms with Crippen molar-refractivity contribution in [3.8, 4) is 0 Å². The lowest BCUT2D eigenvalue weighted by Crippen LogP contribution is -2.25. The number of aryl methyl sites for hydroxylation is 2. The highest BCUT2D eigenvalue weighted by Gasteiger charge is 2.28. The van der Waals surface area contributed by atoms with E-state index in [0.29, 0.717) is 9.88 Å². The minimum Gasteiger partial charge on any atom is -0.258 e. The molecule has 0 spiro atoms. The zero-order valence-corrected chi connectivity index (χ0v) is 14.0. The Labute approximate surface area is 130 Å². The van der Waals surface area contributed by atoms with Gasteiger partial charge in [-0.2, -0.15) is 4.31 Å². The highest BCUT2D eigenvalue weighted by atomic mass is 32.2. The number of aromatic nitrogens is 1. The van der Waals surface area contributed by atoms with Gasteiger partial charge in [0.25, 0.3) is 15.7 Å². The highest BCUT2D eigenvalue weighted by molar-refractivity contribution is 7.91. The summed E-state index contributed by atoms with van der Waals surface area (Å²) in [5.41, 5.74) is 0.667. The van der Waals surface area contributed by atoms with E-state index in [1.165, 1.54) is 25.3 Å². The Balaban J connectivity index is 2.28. The Morgan fingerprint density at radius 1 is 1.43 bits per heavy atom. The van der Waals surface area contributed by atoms with Crippen LogP contribution in [-0.4, -0.2) is 29.7 Å². The summed E-state index contributed by atoms with van der Waals surface area (Å²) in [6.45, 7) is 3.51. The summed E-state index contributed by atoms with van der Waals surface area (Å²) in [6.07, 6.45) is 0. The van der Waals surface area contributed by atoms with Crippen molar-refractivity contribution in [3.05, 3.63) is 37.1 Å². The molecule has 0 bridgehead atoms. The first-order valence-electron chi connectivity index (χ1n) is 5.84. The van der Waals surface area contributed by atoms with Crippen molar-refractivity contribution in [3.63, 3.8) is 0 Å². The number of hydrogen-bond acceptors (Lipinski definition) is 7. The molecule has 10 heteroatoms. The van der Waals surface area contributed by atoms with Crippen LogP contribution < -0.4 is 0 Å². The summed E-state index contributed by atoms with van der Waals surface area (Å²) in [5, 5.41) is 13.3. The zero-order chi connectivity index (χ0) is 15.8. The minimum atomic E-state index is -3.75. The van der Waals surface area contributed by atoms with Crippen LogP contribution in [0.1, 0.15) is 15.6 Å². The van der Waals surface area contributed by atoms with Crippen LogP contribution in [-0.2, 0) is 16.6 Å². The van der Waals surface area contributed by atoms with Gasteiger partial charge in [0.05, 0.1) is 16.3 Å². The van der Waals surface area contributed by atoms with Crippen LogP contribution in [0.4, 0.5) is 5.69 Å². The summed E-state index contributed by atoms with van der Waals surface area (Å²) in [4.78, 5) is 14.8. The van der Waals surface area contributed by atoms with Gasteiger partial charge >= 0.3 is 0 Å². The van der Waals surface area contributed by atoms with E-state index in [4.69, 9.17) is 0 Å². The molecule has 0 saturated heterocycles. The number of thiophene rings is 1. The third-order valence-electron chi connectivity index (χ3n) is 2.75. The second kappa shape index (κ2) is 5.79. The smallest absolute Gasteiger partial charge is 0.258 e. The molecule has 0 atom stereocenters. The molecule has 2 rings (SSSR count). The normalized spacial score (nSPS) is 12.0. The lowest BCUT2D eigenvalue weighted by Gasteiger charge is -2.13. The number of sulfonamides is 1. The third kappa shape index (κ3) is 3.28. The molecule has 114 valence electrons. The standard InChI is InChI=1S/C11H13N3O4S3/c1-7-6-19-10(12-7)5-13(3)21(17,18)11-4-9(14(15)16)8(2)20-11/h4,6H,5H2,1-3H3. The van der Waals surface area contributed by atoms with Crippen LogP contribution in [0.2, 0.25) is 0 Å². The molecule has 0 aliphatic rings. The second-order valence-corrected chi connectivity index (χ2v) is 8.88. The molecule has 7 nitrogen and oxygen atoms in total. The first-order chi connectivity index (χ1) is 9.71. The fourth-order valence-corrected chi connectivity index (χ4v) is 5.31.